The number of nitro groups is 1. The number of ketones is 2. The summed E-state index contributed by atoms with van der Waals surface area (Å²) in [4.78, 5) is 44.1. The number of nitro benzene ring substituents is 1. The Kier molecular flexibility index (Phi) is 3.12. The lowest BCUT2D eigenvalue weighted by molar-refractivity contribution is -0.384. The molecule has 2 unspecified atom stereocenters. The van der Waals surface area contributed by atoms with Crippen LogP contribution in [0.4, 0.5) is 5.69 Å². The molecule has 0 saturated carbocycles. The normalized spacial score (nSPS) is 22.2. The molecule has 0 aliphatic carbocycles. The van der Waals surface area contributed by atoms with Gasteiger partial charge in [0.15, 0.2) is 0 Å². The van der Waals surface area contributed by atoms with Gasteiger partial charge in [0, 0.05) is 12.1 Å². The van der Waals surface area contributed by atoms with Gasteiger partial charge in [-0.05, 0) is 24.6 Å². The third kappa shape index (κ3) is 2.22. The van der Waals surface area contributed by atoms with Crippen molar-refractivity contribution in [1.29, 1.82) is 0 Å². The fourth-order valence-corrected chi connectivity index (χ4v) is 1.95. The lowest BCUT2D eigenvalue weighted by Gasteiger charge is -2.13. The minimum Gasteiger partial charge on any atom is -0.450 e. The van der Waals surface area contributed by atoms with Crippen LogP contribution in [-0.4, -0.2) is 22.5 Å². The van der Waals surface area contributed by atoms with Crippen LogP contribution in [-0.2, 0) is 19.1 Å². The van der Waals surface area contributed by atoms with Crippen molar-refractivity contribution in [3.8, 4) is 0 Å². The van der Waals surface area contributed by atoms with Crippen LogP contribution < -0.4 is 0 Å². The van der Waals surface area contributed by atoms with Crippen molar-refractivity contribution >= 4 is 23.2 Å². The smallest absolute Gasteiger partial charge is 0.376 e. The minimum atomic E-state index is -1.17. The Morgan fingerprint density at radius 2 is 1.84 bits per heavy atom. The first-order chi connectivity index (χ1) is 8.91. The number of hydrogen-bond acceptors (Lipinski definition) is 6. The molecule has 2 atom stereocenters. The predicted molar refractivity (Wildman–Crippen MR) is 61.1 cm³/mol. The number of hydrogen-bond donors (Lipinski definition) is 0. The van der Waals surface area contributed by atoms with Crippen molar-refractivity contribution < 1.29 is 24.0 Å². The van der Waals surface area contributed by atoms with Gasteiger partial charge >= 0.3 is 5.97 Å². The molecule has 7 heteroatoms. The molecule has 98 valence electrons. The average Bonchev–Trinajstić information content (AvgIpc) is 2.66. The number of cyclic esters (lactones) is 1. The first-order valence-electron chi connectivity index (χ1n) is 5.41. The number of benzene rings is 1. The van der Waals surface area contributed by atoms with Gasteiger partial charge in [0.1, 0.15) is 17.8 Å². The molecule has 1 aromatic rings. The van der Waals surface area contributed by atoms with E-state index < -0.39 is 34.5 Å². The molecule has 7 nitrogen and oxygen atoms in total. The van der Waals surface area contributed by atoms with Gasteiger partial charge in [-0.3, -0.25) is 19.7 Å². The van der Waals surface area contributed by atoms with Crippen LogP contribution in [0.2, 0.25) is 0 Å². The second-order valence-corrected chi connectivity index (χ2v) is 4.13. The van der Waals surface area contributed by atoms with Crippen LogP contribution in [0.15, 0.2) is 24.3 Å². The average molecular weight is 263 g/mol. The number of Topliss-reactive ketones (excluding diaryl/α,β-unsaturated/α-hetero) is 2. The van der Waals surface area contributed by atoms with E-state index in [0.29, 0.717) is 5.56 Å². The maximum atomic E-state index is 11.5. The molecule has 1 aliphatic heterocycles. The number of carbonyl (C=O) groups is 3. The maximum Gasteiger partial charge on any atom is 0.376 e. The van der Waals surface area contributed by atoms with E-state index in [-0.39, 0.29) is 5.69 Å². The van der Waals surface area contributed by atoms with Gasteiger partial charge in [-0.2, -0.15) is 0 Å². The van der Waals surface area contributed by atoms with Gasteiger partial charge < -0.3 is 4.74 Å². The van der Waals surface area contributed by atoms with Gasteiger partial charge in [0.05, 0.1) is 4.92 Å². The number of ether oxygens (including phenoxy) is 1. The van der Waals surface area contributed by atoms with Crippen LogP contribution in [0, 0.1) is 16.0 Å². The number of nitrogens with zero attached hydrogens (tertiary/aromatic N) is 1. The molecule has 2 rings (SSSR count). The Morgan fingerprint density at radius 3 is 2.32 bits per heavy atom. The van der Waals surface area contributed by atoms with Crippen LogP contribution in [0.25, 0.3) is 0 Å². The monoisotopic (exact) mass is 263 g/mol. The summed E-state index contributed by atoms with van der Waals surface area (Å²) in [5.41, 5.74) is 0.253. The third-order valence-corrected chi connectivity index (χ3v) is 2.89. The van der Waals surface area contributed by atoms with Crippen molar-refractivity contribution in [3.63, 3.8) is 0 Å². The molecule has 1 aromatic carbocycles. The molecule has 0 amide bonds. The first-order valence-corrected chi connectivity index (χ1v) is 5.41. The highest BCUT2D eigenvalue weighted by molar-refractivity contribution is 6.40. The molecule has 1 fully saturated rings. The molecule has 1 heterocycles. The fourth-order valence-electron chi connectivity index (χ4n) is 1.95. The lowest BCUT2D eigenvalue weighted by atomic mass is 9.91. The third-order valence-electron chi connectivity index (χ3n) is 2.89. The second-order valence-electron chi connectivity index (χ2n) is 4.13. The van der Waals surface area contributed by atoms with Gasteiger partial charge in [0.25, 0.3) is 11.5 Å². The summed E-state index contributed by atoms with van der Waals surface area (Å²) in [6.07, 6.45) is -1.00. The van der Waals surface area contributed by atoms with E-state index in [1.54, 1.807) is 0 Å². The topological polar surface area (TPSA) is 104 Å². The molecule has 1 saturated heterocycles. The Bertz CT molecular complexity index is 576. The SMILES string of the molecule is CC(=O)C1C(=O)C(=O)OC1c1ccc([N+](=O)[O-])cc1. The van der Waals surface area contributed by atoms with Crippen molar-refractivity contribution in [2.24, 2.45) is 5.92 Å². The van der Waals surface area contributed by atoms with E-state index in [4.69, 9.17) is 4.74 Å². The highest BCUT2D eigenvalue weighted by atomic mass is 16.6. The van der Waals surface area contributed by atoms with E-state index >= 15 is 0 Å². The van der Waals surface area contributed by atoms with Crippen molar-refractivity contribution in [2.45, 2.75) is 13.0 Å². The standard InChI is InChI=1S/C12H9NO6/c1-6(14)9-10(15)12(16)19-11(9)7-2-4-8(5-3-7)13(17)18/h2-5,9,11H,1H3. The fraction of sp³-hybridized carbons (Fsp3) is 0.250. The zero-order valence-electron chi connectivity index (χ0n) is 9.86. The minimum absolute atomic E-state index is 0.126. The maximum absolute atomic E-state index is 11.5. The zero-order chi connectivity index (χ0) is 14.2. The summed E-state index contributed by atoms with van der Waals surface area (Å²) >= 11 is 0. The van der Waals surface area contributed by atoms with E-state index in [0.717, 1.165) is 0 Å². The Labute approximate surface area is 107 Å². The zero-order valence-corrected chi connectivity index (χ0v) is 9.86. The molecule has 0 bridgehead atoms. The van der Waals surface area contributed by atoms with Gasteiger partial charge in [-0.1, -0.05) is 0 Å². The van der Waals surface area contributed by atoms with E-state index in [9.17, 15) is 24.5 Å². The van der Waals surface area contributed by atoms with Crippen molar-refractivity contribution in [3.05, 3.63) is 39.9 Å². The van der Waals surface area contributed by atoms with Crippen LogP contribution in [0.1, 0.15) is 18.6 Å². The largest absolute Gasteiger partial charge is 0.450 e. The van der Waals surface area contributed by atoms with Crippen LogP contribution in [0.3, 0.4) is 0 Å². The highest BCUT2D eigenvalue weighted by Crippen LogP contribution is 2.34. The number of non-ortho nitro benzene ring substituents is 1. The number of esters is 1. The molecule has 0 radical (unpaired) electrons. The lowest BCUT2D eigenvalue weighted by Crippen LogP contribution is -2.23. The number of rotatable bonds is 3. The van der Waals surface area contributed by atoms with Crippen LogP contribution in [0.5, 0.6) is 0 Å². The summed E-state index contributed by atoms with van der Waals surface area (Å²) in [7, 11) is 0. The van der Waals surface area contributed by atoms with Gasteiger partial charge in [0.2, 0.25) is 0 Å². The van der Waals surface area contributed by atoms with Crippen molar-refractivity contribution in [1.82, 2.24) is 0 Å². The molecule has 1 aliphatic rings. The summed E-state index contributed by atoms with van der Waals surface area (Å²) < 4.78 is 4.85. The Hall–Kier alpha value is -2.57. The molecule has 19 heavy (non-hydrogen) atoms. The number of carbonyl (C=O) groups excluding carboxylic acids is 3. The predicted octanol–water partition coefficient (Wildman–Crippen LogP) is 0.967. The van der Waals surface area contributed by atoms with Crippen LogP contribution >= 0.6 is 0 Å². The van der Waals surface area contributed by atoms with Gasteiger partial charge in [-0.15, -0.1) is 0 Å². The summed E-state index contributed by atoms with van der Waals surface area (Å²) in [5, 5.41) is 10.5. The summed E-state index contributed by atoms with van der Waals surface area (Å²) in [6.45, 7) is 1.20. The molecule has 0 aromatic heterocycles. The molecule has 0 N–H and O–H groups in total. The summed E-state index contributed by atoms with van der Waals surface area (Å²) in [6, 6.07) is 5.18. The van der Waals surface area contributed by atoms with Gasteiger partial charge in [-0.25, -0.2) is 4.79 Å². The second kappa shape index (κ2) is 4.60. The molecular weight excluding hydrogens is 254 g/mol. The Balaban J connectivity index is 2.35. The highest BCUT2D eigenvalue weighted by Gasteiger charge is 2.47. The molecular formula is C12H9NO6. The quantitative estimate of drug-likeness (QED) is 0.264. The van der Waals surface area contributed by atoms with E-state index in [1.807, 2.05) is 0 Å². The van der Waals surface area contributed by atoms with E-state index in [1.165, 1.54) is 31.2 Å². The van der Waals surface area contributed by atoms with E-state index in [2.05, 4.69) is 0 Å². The first kappa shape index (κ1) is 12.9. The van der Waals surface area contributed by atoms with Crippen molar-refractivity contribution in [2.75, 3.05) is 0 Å². The molecule has 0 spiro atoms. The summed E-state index contributed by atoms with van der Waals surface area (Å²) in [5.74, 6) is -3.58. The Morgan fingerprint density at radius 1 is 1.26 bits per heavy atom.